The molecular formula is C25H22Cl3F2NO2. The van der Waals surface area contributed by atoms with Crippen LogP contribution in [-0.4, -0.2) is 19.2 Å². The molecule has 0 aromatic heterocycles. The summed E-state index contributed by atoms with van der Waals surface area (Å²) in [5.41, 5.74) is 1.14. The maximum Gasteiger partial charge on any atom is 0.131 e. The van der Waals surface area contributed by atoms with Crippen molar-refractivity contribution in [1.29, 1.82) is 0 Å². The van der Waals surface area contributed by atoms with Gasteiger partial charge in [-0.25, -0.2) is 8.78 Å². The number of ether oxygens (including phenoxy) is 2. The molecule has 0 saturated carbocycles. The molecule has 0 amide bonds. The lowest BCUT2D eigenvalue weighted by atomic mass is 9.82. The normalized spacial score (nSPS) is 20.7. The van der Waals surface area contributed by atoms with E-state index in [0.717, 1.165) is 17.2 Å². The molecule has 0 aliphatic carbocycles. The Morgan fingerprint density at radius 2 is 1.70 bits per heavy atom. The van der Waals surface area contributed by atoms with Gasteiger partial charge >= 0.3 is 0 Å². The summed E-state index contributed by atoms with van der Waals surface area (Å²) in [6, 6.07) is 16.2. The molecule has 33 heavy (non-hydrogen) atoms. The summed E-state index contributed by atoms with van der Waals surface area (Å²) < 4.78 is 40.4. The molecular weight excluding hydrogens is 491 g/mol. The van der Waals surface area contributed by atoms with E-state index in [2.05, 4.69) is 5.32 Å². The lowest BCUT2D eigenvalue weighted by molar-refractivity contribution is -0.176. The van der Waals surface area contributed by atoms with Crippen molar-refractivity contribution < 1.29 is 18.3 Å². The fourth-order valence-corrected chi connectivity index (χ4v) is 4.46. The van der Waals surface area contributed by atoms with Crippen LogP contribution in [0.15, 0.2) is 60.7 Å². The van der Waals surface area contributed by atoms with E-state index in [4.69, 9.17) is 44.3 Å². The average Bonchev–Trinajstić information content (AvgIpc) is 2.80. The highest BCUT2D eigenvalue weighted by Gasteiger charge is 2.44. The molecule has 1 aliphatic rings. The van der Waals surface area contributed by atoms with Crippen molar-refractivity contribution in [2.45, 2.75) is 31.3 Å². The van der Waals surface area contributed by atoms with E-state index >= 15 is 0 Å². The second-order valence-corrected chi connectivity index (χ2v) is 9.17. The summed E-state index contributed by atoms with van der Waals surface area (Å²) in [7, 11) is 0. The van der Waals surface area contributed by atoms with Crippen LogP contribution in [0.25, 0.3) is 0 Å². The van der Waals surface area contributed by atoms with Crippen LogP contribution in [0.4, 0.5) is 8.78 Å². The Labute approximate surface area is 206 Å². The smallest absolute Gasteiger partial charge is 0.131 e. The van der Waals surface area contributed by atoms with Crippen LogP contribution in [0, 0.1) is 11.6 Å². The maximum absolute atomic E-state index is 14.3. The topological polar surface area (TPSA) is 30.5 Å². The molecule has 0 unspecified atom stereocenters. The monoisotopic (exact) mass is 511 g/mol. The molecule has 4 rings (SSSR count). The zero-order valence-electron chi connectivity index (χ0n) is 17.6. The zero-order valence-corrected chi connectivity index (χ0v) is 19.9. The zero-order chi connectivity index (χ0) is 23.4. The van der Waals surface area contributed by atoms with Crippen molar-refractivity contribution in [3.63, 3.8) is 0 Å². The first-order valence-corrected chi connectivity index (χ1v) is 11.6. The first kappa shape index (κ1) is 24.4. The van der Waals surface area contributed by atoms with Crippen molar-refractivity contribution in [2.24, 2.45) is 0 Å². The summed E-state index contributed by atoms with van der Waals surface area (Å²) in [4.78, 5) is 0. The van der Waals surface area contributed by atoms with E-state index in [1.807, 2.05) is 18.2 Å². The minimum Gasteiger partial charge on any atom is -0.369 e. The Morgan fingerprint density at radius 3 is 2.42 bits per heavy atom. The highest BCUT2D eigenvalue weighted by molar-refractivity contribution is 6.42. The lowest BCUT2D eigenvalue weighted by Crippen LogP contribution is -2.54. The van der Waals surface area contributed by atoms with E-state index in [1.54, 1.807) is 24.3 Å². The van der Waals surface area contributed by atoms with E-state index in [1.165, 1.54) is 12.1 Å². The highest BCUT2D eigenvalue weighted by atomic mass is 35.5. The minimum atomic E-state index is -0.868. The summed E-state index contributed by atoms with van der Waals surface area (Å²) in [5, 5.41) is 4.86. The second kappa shape index (κ2) is 10.7. The van der Waals surface area contributed by atoms with Crippen molar-refractivity contribution in [3.8, 4) is 0 Å². The average molecular weight is 513 g/mol. The van der Waals surface area contributed by atoms with Crippen molar-refractivity contribution in [2.75, 3.05) is 13.1 Å². The van der Waals surface area contributed by atoms with Gasteiger partial charge in [-0.15, -0.1) is 0 Å². The van der Waals surface area contributed by atoms with Crippen LogP contribution >= 0.6 is 34.8 Å². The molecule has 1 saturated heterocycles. The second-order valence-electron chi connectivity index (χ2n) is 7.92. The number of benzene rings is 3. The van der Waals surface area contributed by atoms with Gasteiger partial charge in [0.05, 0.1) is 23.3 Å². The van der Waals surface area contributed by atoms with Crippen LogP contribution < -0.4 is 5.32 Å². The predicted octanol–water partition coefficient (Wildman–Crippen LogP) is 6.92. The van der Waals surface area contributed by atoms with Gasteiger partial charge in [0, 0.05) is 23.2 Å². The Hall–Kier alpha value is -1.73. The molecule has 0 spiro atoms. The quantitative estimate of drug-likeness (QED) is 0.373. The number of hydrogen-bond acceptors (Lipinski definition) is 3. The van der Waals surface area contributed by atoms with Gasteiger partial charge in [-0.2, -0.15) is 0 Å². The molecule has 3 aromatic rings. The molecule has 3 nitrogen and oxygen atoms in total. The van der Waals surface area contributed by atoms with Crippen LogP contribution in [-0.2, 0) is 28.3 Å². The number of halogens is 5. The number of hydrogen-bond donors (Lipinski definition) is 1. The number of nitrogens with one attached hydrogen (secondary N) is 1. The van der Waals surface area contributed by atoms with Crippen LogP contribution in [0.1, 0.15) is 23.1 Å². The highest BCUT2D eigenvalue weighted by Crippen LogP contribution is 2.39. The van der Waals surface area contributed by atoms with Crippen LogP contribution in [0.3, 0.4) is 0 Å². The van der Waals surface area contributed by atoms with Gasteiger partial charge in [0.2, 0.25) is 0 Å². The van der Waals surface area contributed by atoms with Gasteiger partial charge < -0.3 is 14.8 Å². The fraction of sp³-hybridized carbons (Fsp3) is 0.280. The fourth-order valence-electron chi connectivity index (χ4n) is 4.01. The van der Waals surface area contributed by atoms with Gasteiger partial charge in [-0.1, -0.05) is 59.1 Å². The molecule has 1 aliphatic heterocycles. The van der Waals surface area contributed by atoms with Crippen molar-refractivity contribution >= 4 is 34.8 Å². The first-order valence-electron chi connectivity index (χ1n) is 10.5. The van der Waals surface area contributed by atoms with E-state index < -0.39 is 23.3 Å². The third-order valence-corrected chi connectivity index (χ3v) is 6.78. The van der Waals surface area contributed by atoms with E-state index in [9.17, 15) is 8.78 Å². The predicted molar refractivity (Wildman–Crippen MR) is 127 cm³/mol. The van der Waals surface area contributed by atoms with Gasteiger partial charge in [-0.05, 0) is 54.4 Å². The Balaban J connectivity index is 1.62. The summed E-state index contributed by atoms with van der Waals surface area (Å²) in [6.07, 6.45) is 0.189. The molecule has 1 heterocycles. The molecule has 2 atom stereocenters. The largest absolute Gasteiger partial charge is 0.369 e. The molecule has 0 bridgehead atoms. The maximum atomic E-state index is 14.3. The first-order chi connectivity index (χ1) is 15.9. The van der Waals surface area contributed by atoms with E-state index in [-0.39, 0.29) is 18.8 Å². The summed E-state index contributed by atoms with van der Waals surface area (Å²) >= 11 is 18.3. The summed E-state index contributed by atoms with van der Waals surface area (Å²) in [5.74, 6) is -1.28. The van der Waals surface area contributed by atoms with Crippen molar-refractivity contribution in [3.05, 3.63) is 104 Å². The SMILES string of the molecule is Fc1ccc(CO[C@]2(c3ccc(Cl)cc3)CCNC[C@@H]2OCc2ccc(Cl)c(Cl)c2)c(F)c1. The third kappa shape index (κ3) is 5.68. The van der Waals surface area contributed by atoms with Gasteiger partial charge in [0.15, 0.2) is 0 Å². The molecule has 174 valence electrons. The van der Waals surface area contributed by atoms with Crippen LogP contribution in [0.2, 0.25) is 15.1 Å². The number of piperidine rings is 1. The third-order valence-electron chi connectivity index (χ3n) is 5.79. The van der Waals surface area contributed by atoms with Gasteiger partial charge in [0.25, 0.3) is 0 Å². The Morgan fingerprint density at radius 1 is 0.909 bits per heavy atom. The Kier molecular flexibility index (Phi) is 7.90. The lowest BCUT2D eigenvalue weighted by Gasteiger charge is -2.44. The molecule has 0 radical (unpaired) electrons. The van der Waals surface area contributed by atoms with E-state index in [0.29, 0.717) is 34.6 Å². The molecule has 8 heteroatoms. The van der Waals surface area contributed by atoms with Crippen LogP contribution in [0.5, 0.6) is 0 Å². The molecule has 1 fully saturated rings. The van der Waals surface area contributed by atoms with Gasteiger partial charge in [-0.3, -0.25) is 0 Å². The molecule has 3 aromatic carbocycles. The Bertz CT molecular complexity index is 1110. The molecule has 1 N–H and O–H groups in total. The minimum absolute atomic E-state index is 0.0403. The standard InChI is InChI=1S/C25H22Cl3F2NO2/c26-19-5-3-18(4-6-19)25(33-15-17-2-7-20(29)12-23(17)30)9-10-31-13-24(25)32-14-16-1-8-21(27)22(28)11-16/h1-8,11-12,24,31H,9-10,13-15H2/t24-,25-/m0/s1. The van der Waals surface area contributed by atoms with Gasteiger partial charge in [0.1, 0.15) is 23.3 Å². The summed E-state index contributed by atoms with van der Waals surface area (Å²) in [6.45, 7) is 1.45. The van der Waals surface area contributed by atoms with Crippen molar-refractivity contribution in [1.82, 2.24) is 5.32 Å². The number of rotatable bonds is 7.